The van der Waals surface area contributed by atoms with Gasteiger partial charge in [-0.05, 0) is 24.6 Å². The summed E-state index contributed by atoms with van der Waals surface area (Å²) in [6.07, 6.45) is 7.37. The van der Waals surface area contributed by atoms with Gasteiger partial charge in [0, 0.05) is 29.3 Å². The summed E-state index contributed by atoms with van der Waals surface area (Å²) >= 11 is 0. The summed E-state index contributed by atoms with van der Waals surface area (Å²) < 4.78 is 46.5. The van der Waals surface area contributed by atoms with Crippen molar-refractivity contribution in [1.29, 1.82) is 0 Å². The summed E-state index contributed by atoms with van der Waals surface area (Å²) in [5.41, 5.74) is 2.29. The van der Waals surface area contributed by atoms with E-state index in [1.54, 1.807) is 17.7 Å². The topological polar surface area (TPSA) is 67.0 Å². The summed E-state index contributed by atoms with van der Waals surface area (Å²) in [4.78, 5) is 4.00. The van der Waals surface area contributed by atoms with Gasteiger partial charge in [0.2, 0.25) is 0 Å². The normalized spacial score (nSPS) is 20.9. The summed E-state index contributed by atoms with van der Waals surface area (Å²) in [5.74, 6) is -2.07. The van der Waals surface area contributed by atoms with Crippen LogP contribution < -0.4 is 10.7 Å². The van der Waals surface area contributed by atoms with Crippen LogP contribution in [0.3, 0.4) is 0 Å². The van der Waals surface area contributed by atoms with Crippen LogP contribution in [0.15, 0.2) is 46.4 Å². The predicted molar refractivity (Wildman–Crippen MR) is 95.7 cm³/mol. The Kier molecular flexibility index (Phi) is 5.75. The number of hydrogen-bond acceptors (Lipinski definition) is 4. The number of allylic oxidation sites excluding steroid dienone is 2. The van der Waals surface area contributed by atoms with Crippen molar-refractivity contribution in [3.05, 3.63) is 60.1 Å². The second-order valence-corrected chi connectivity index (χ2v) is 6.16. The number of quaternary nitrogens is 1. The highest BCUT2D eigenvalue weighted by Crippen LogP contribution is 2.31. The Bertz CT molecular complexity index is 918. The summed E-state index contributed by atoms with van der Waals surface area (Å²) in [7, 11) is 0. The highest BCUT2D eigenvalue weighted by atomic mass is 19.2. The first-order chi connectivity index (χ1) is 13.0. The van der Waals surface area contributed by atoms with Crippen molar-refractivity contribution in [3.63, 3.8) is 0 Å². The summed E-state index contributed by atoms with van der Waals surface area (Å²) in [6, 6.07) is 1.27. The first-order valence-electron chi connectivity index (χ1n) is 8.62. The van der Waals surface area contributed by atoms with Crippen molar-refractivity contribution in [2.75, 3.05) is 6.54 Å². The van der Waals surface area contributed by atoms with E-state index in [2.05, 4.69) is 29.2 Å². The fraction of sp³-hybridized carbons (Fsp3) is 0.263. The zero-order chi connectivity index (χ0) is 19.4. The highest BCUT2D eigenvalue weighted by Gasteiger charge is 2.20. The molecule has 2 heterocycles. The zero-order valence-electron chi connectivity index (χ0n) is 15.0. The van der Waals surface area contributed by atoms with E-state index in [0.717, 1.165) is 24.7 Å². The molecule has 3 rings (SSSR count). The van der Waals surface area contributed by atoms with E-state index in [1.807, 2.05) is 6.08 Å². The molecule has 5 nitrogen and oxygen atoms in total. The Morgan fingerprint density at radius 3 is 2.78 bits per heavy atom. The van der Waals surface area contributed by atoms with E-state index in [1.165, 1.54) is 0 Å². The van der Waals surface area contributed by atoms with Crippen molar-refractivity contribution in [1.82, 2.24) is 10.3 Å². The second kappa shape index (κ2) is 8.22. The molecule has 27 heavy (non-hydrogen) atoms. The molecule has 1 unspecified atom stereocenters. The molecule has 1 aromatic heterocycles. The number of nitrogens with one attached hydrogen (secondary N) is 1. The van der Waals surface area contributed by atoms with Crippen molar-refractivity contribution in [2.45, 2.75) is 20.3 Å². The van der Waals surface area contributed by atoms with Crippen molar-refractivity contribution >= 4 is 11.4 Å². The quantitative estimate of drug-likeness (QED) is 0.635. The lowest BCUT2D eigenvalue weighted by molar-refractivity contribution is -0.652. The fourth-order valence-corrected chi connectivity index (χ4v) is 2.59. The molecule has 0 bridgehead atoms. The average Bonchev–Trinajstić information content (AvgIpc) is 3.16. The smallest absolute Gasteiger partial charge is 0.182 e. The number of oxazole rings is 1. The molecule has 1 aliphatic rings. The number of rotatable bonds is 4. The van der Waals surface area contributed by atoms with Crippen LogP contribution in [0.4, 0.5) is 13.2 Å². The molecule has 1 aliphatic heterocycles. The Balaban J connectivity index is 2.02. The Labute approximate surface area is 154 Å². The van der Waals surface area contributed by atoms with E-state index in [-0.39, 0.29) is 22.9 Å². The standard InChI is InChI=1S/C19H19F3N4O/c1-3-11(2)19-23-9-12(5-4-6-25-26-19)18-17(24-10-27-18)13-7-15(21)16(22)8-14(13)20/h4-5,7-11,25H,3,6H2,1-2H3,(H,23,26)/p+1/b5-4-,12-9+. The van der Waals surface area contributed by atoms with Crippen LogP contribution in [0.1, 0.15) is 26.0 Å². The second-order valence-electron chi connectivity index (χ2n) is 6.16. The van der Waals surface area contributed by atoms with Gasteiger partial charge in [0.25, 0.3) is 0 Å². The lowest BCUT2D eigenvalue weighted by Gasteiger charge is -2.11. The lowest BCUT2D eigenvalue weighted by Crippen LogP contribution is -2.78. The molecular weight excluding hydrogens is 357 g/mol. The Hall–Kier alpha value is -2.87. The minimum absolute atomic E-state index is 0.0920. The molecule has 0 radical (unpaired) electrons. The largest absolute Gasteiger partial charge is 0.443 e. The van der Waals surface area contributed by atoms with Crippen LogP contribution in [-0.4, -0.2) is 17.4 Å². The number of nitrogens with two attached hydrogens (primary N) is 1. The highest BCUT2D eigenvalue weighted by molar-refractivity contribution is 5.88. The monoisotopic (exact) mass is 377 g/mol. The van der Waals surface area contributed by atoms with Gasteiger partial charge in [-0.2, -0.15) is 0 Å². The molecule has 0 amide bonds. The molecule has 0 aliphatic carbocycles. The van der Waals surface area contributed by atoms with Crippen LogP contribution >= 0.6 is 0 Å². The molecule has 0 fully saturated rings. The van der Waals surface area contributed by atoms with Crippen LogP contribution in [-0.2, 0) is 0 Å². The Morgan fingerprint density at radius 1 is 1.22 bits per heavy atom. The fourth-order valence-electron chi connectivity index (χ4n) is 2.59. The van der Waals surface area contributed by atoms with Crippen LogP contribution in [0, 0.1) is 23.4 Å². The van der Waals surface area contributed by atoms with E-state index < -0.39 is 17.5 Å². The van der Waals surface area contributed by atoms with E-state index in [9.17, 15) is 13.2 Å². The molecule has 1 atom stereocenters. The van der Waals surface area contributed by atoms with Gasteiger partial charge in [0.05, 0.1) is 0 Å². The molecule has 8 heteroatoms. The number of halogens is 3. The van der Waals surface area contributed by atoms with Gasteiger partial charge in [0.1, 0.15) is 18.1 Å². The maximum Gasteiger partial charge on any atom is 0.182 e. The SMILES string of the molecule is CCC(C)/C1=N/[NH2+]C/C=C\C(c2ocnc2-c2cc(F)c(F)cc2F)=C/N1. The lowest BCUT2D eigenvalue weighted by atomic mass is 10.0. The minimum atomic E-state index is -1.26. The van der Waals surface area contributed by atoms with Gasteiger partial charge in [-0.3, -0.25) is 0 Å². The van der Waals surface area contributed by atoms with Gasteiger partial charge < -0.3 is 9.73 Å². The third-order valence-electron chi connectivity index (χ3n) is 4.32. The molecule has 0 saturated heterocycles. The third kappa shape index (κ3) is 4.11. The van der Waals surface area contributed by atoms with E-state index >= 15 is 0 Å². The maximum absolute atomic E-state index is 14.2. The molecule has 0 spiro atoms. The molecular formula is C19H20F3N4O+. The van der Waals surface area contributed by atoms with Gasteiger partial charge in [-0.25, -0.2) is 23.6 Å². The van der Waals surface area contributed by atoms with Crippen molar-refractivity contribution < 1.29 is 23.0 Å². The van der Waals surface area contributed by atoms with E-state index in [0.29, 0.717) is 18.2 Å². The van der Waals surface area contributed by atoms with Gasteiger partial charge in [0.15, 0.2) is 29.6 Å². The maximum atomic E-state index is 14.2. The first kappa shape index (κ1) is 18.9. The van der Waals surface area contributed by atoms with Gasteiger partial charge in [-0.15, -0.1) is 0 Å². The van der Waals surface area contributed by atoms with Gasteiger partial charge in [-0.1, -0.05) is 18.9 Å². The molecule has 0 saturated carbocycles. The average molecular weight is 377 g/mol. The summed E-state index contributed by atoms with van der Waals surface area (Å²) in [5, 5.41) is 7.59. The van der Waals surface area contributed by atoms with Crippen LogP contribution in [0.25, 0.3) is 16.8 Å². The molecule has 3 N–H and O–H groups in total. The predicted octanol–water partition coefficient (Wildman–Crippen LogP) is 3.18. The molecule has 142 valence electrons. The van der Waals surface area contributed by atoms with Crippen LogP contribution in [0.5, 0.6) is 0 Å². The first-order valence-corrected chi connectivity index (χ1v) is 8.62. The van der Waals surface area contributed by atoms with Crippen LogP contribution in [0.2, 0.25) is 0 Å². The zero-order valence-corrected chi connectivity index (χ0v) is 15.0. The third-order valence-corrected chi connectivity index (χ3v) is 4.32. The van der Waals surface area contributed by atoms with E-state index in [4.69, 9.17) is 4.42 Å². The molecule has 2 aromatic rings. The Morgan fingerprint density at radius 2 is 2.00 bits per heavy atom. The van der Waals surface area contributed by atoms with Crippen molar-refractivity contribution in [2.24, 2.45) is 11.0 Å². The number of amidine groups is 1. The molecule has 1 aromatic carbocycles. The number of aromatic nitrogens is 1. The summed E-state index contributed by atoms with van der Waals surface area (Å²) in [6.45, 7) is 4.71. The number of nitrogens with zero attached hydrogens (tertiary/aromatic N) is 2. The van der Waals surface area contributed by atoms with Gasteiger partial charge >= 0.3 is 0 Å². The van der Waals surface area contributed by atoms with Crippen molar-refractivity contribution in [3.8, 4) is 11.3 Å². The number of benzene rings is 1. The minimum Gasteiger partial charge on any atom is -0.443 e. The number of hydrogen-bond donors (Lipinski definition) is 2.